The van der Waals surface area contributed by atoms with Gasteiger partial charge in [-0.05, 0) is 19.1 Å². The maximum absolute atomic E-state index is 12.0. The van der Waals surface area contributed by atoms with Gasteiger partial charge in [-0.3, -0.25) is 9.98 Å². The zero-order chi connectivity index (χ0) is 8.97. The number of aliphatic imine (C=N–C) groups is 1. The van der Waals surface area contributed by atoms with Crippen LogP contribution in [0.2, 0.25) is 0 Å². The van der Waals surface area contributed by atoms with Gasteiger partial charge >= 0.3 is 0 Å². The van der Waals surface area contributed by atoms with E-state index >= 15 is 0 Å². The summed E-state index contributed by atoms with van der Waals surface area (Å²) < 4.78 is 23.9. The number of pyridine rings is 1. The molecule has 0 aliphatic carbocycles. The molecule has 0 fully saturated rings. The van der Waals surface area contributed by atoms with Gasteiger partial charge in [-0.15, -0.1) is 0 Å². The van der Waals surface area contributed by atoms with Gasteiger partial charge in [-0.2, -0.15) is 0 Å². The molecule has 2 nitrogen and oxygen atoms in total. The number of rotatable bonds is 2. The molecule has 0 radical (unpaired) electrons. The first-order valence-corrected chi connectivity index (χ1v) is 3.43. The minimum Gasteiger partial charge on any atom is -0.262 e. The van der Waals surface area contributed by atoms with E-state index in [1.807, 2.05) is 0 Å². The van der Waals surface area contributed by atoms with Gasteiger partial charge in [-0.1, -0.05) is 0 Å². The number of halogens is 2. The van der Waals surface area contributed by atoms with E-state index in [-0.39, 0.29) is 5.71 Å². The lowest BCUT2D eigenvalue weighted by molar-refractivity contribution is 0.225. The molecule has 12 heavy (non-hydrogen) atoms. The molecule has 0 aliphatic heterocycles. The summed E-state index contributed by atoms with van der Waals surface area (Å²) in [6.07, 6.45) is 0.507. The van der Waals surface area contributed by atoms with Gasteiger partial charge in [0, 0.05) is 6.20 Å². The van der Waals surface area contributed by atoms with Crippen LogP contribution in [0.4, 0.5) is 14.5 Å². The predicted octanol–water partition coefficient (Wildman–Crippen LogP) is 2.44. The maximum atomic E-state index is 12.0. The van der Waals surface area contributed by atoms with E-state index in [1.165, 1.54) is 13.1 Å². The normalized spacial score (nSPS) is 12.2. The Morgan fingerprint density at radius 3 is 2.83 bits per heavy atom. The first-order valence-electron chi connectivity index (χ1n) is 3.43. The molecule has 0 amide bonds. The SMILES string of the molecule is C/C(=N\c1cccnc1)C(F)F. The molecular formula is C8H8F2N2. The Hall–Kier alpha value is -1.32. The first kappa shape index (κ1) is 8.77. The average molecular weight is 170 g/mol. The van der Waals surface area contributed by atoms with Crippen molar-refractivity contribution in [1.82, 2.24) is 4.98 Å². The zero-order valence-electron chi connectivity index (χ0n) is 6.54. The van der Waals surface area contributed by atoms with Crippen molar-refractivity contribution in [2.75, 3.05) is 0 Å². The number of hydrogen-bond acceptors (Lipinski definition) is 2. The van der Waals surface area contributed by atoms with Crippen molar-refractivity contribution in [3.8, 4) is 0 Å². The van der Waals surface area contributed by atoms with Gasteiger partial charge < -0.3 is 0 Å². The van der Waals surface area contributed by atoms with Crippen LogP contribution in [-0.4, -0.2) is 17.1 Å². The molecule has 1 aromatic rings. The maximum Gasteiger partial charge on any atom is 0.276 e. The molecule has 0 spiro atoms. The van der Waals surface area contributed by atoms with E-state index in [2.05, 4.69) is 9.98 Å². The molecule has 0 saturated heterocycles. The lowest BCUT2D eigenvalue weighted by atomic mass is 10.4. The molecule has 0 bridgehead atoms. The van der Waals surface area contributed by atoms with Gasteiger partial charge in [0.05, 0.1) is 17.6 Å². The molecule has 64 valence electrons. The Bertz CT molecular complexity index is 270. The molecule has 0 atom stereocenters. The van der Waals surface area contributed by atoms with E-state index in [0.717, 1.165) is 0 Å². The van der Waals surface area contributed by atoms with Crippen LogP contribution in [0.3, 0.4) is 0 Å². The fourth-order valence-electron chi connectivity index (χ4n) is 0.672. The minimum atomic E-state index is -2.50. The Morgan fingerprint density at radius 2 is 2.33 bits per heavy atom. The van der Waals surface area contributed by atoms with Crippen molar-refractivity contribution in [3.05, 3.63) is 24.5 Å². The highest BCUT2D eigenvalue weighted by atomic mass is 19.3. The summed E-state index contributed by atoms with van der Waals surface area (Å²) in [5, 5.41) is 0. The topological polar surface area (TPSA) is 25.2 Å². The van der Waals surface area contributed by atoms with E-state index in [4.69, 9.17) is 0 Å². The zero-order valence-corrected chi connectivity index (χ0v) is 6.54. The Balaban J connectivity index is 2.81. The van der Waals surface area contributed by atoms with Crippen molar-refractivity contribution in [2.45, 2.75) is 13.3 Å². The minimum absolute atomic E-state index is 0.192. The predicted molar refractivity (Wildman–Crippen MR) is 43.0 cm³/mol. The fraction of sp³-hybridized carbons (Fsp3) is 0.250. The third kappa shape index (κ3) is 2.38. The third-order valence-electron chi connectivity index (χ3n) is 1.27. The molecule has 1 rings (SSSR count). The van der Waals surface area contributed by atoms with Crippen LogP contribution in [0.15, 0.2) is 29.5 Å². The van der Waals surface area contributed by atoms with Crippen LogP contribution in [0.1, 0.15) is 6.92 Å². The summed E-state index contributed by atoms with van der Waals surface area (Å²) in [6.45, 7) is 1.29. The summed E-state index contributed by atoms with van der Waals surface area (Å²) in [5.74, 6) is 0. The van der Waals surface area contributed by atoms with Crippen LogP contribution in [0.25, 0.3) is 0 Å². The van der Waals surface area contributed by atoms with Crippen LogP contribution < -0.4 is 0 Å². The average Bonchev–Trinajstić information content (AvgIpc) is 2.06. The quantitative estimate of drug-likeness (QED) is 0.626. The molecular weight excluding hydrogens is 162 g/mol. The lowest BCUT2D eigenvalue weighted by Gasteiger charge is -1.96. The molecule has 0 aromatic carbocycles. The summed E-state index contributed by atoms with van der Waals surface area (Å²) in [6, 6.07) is 3.27. The summed E-state index contributed by atoms with van der Waals surface area (Å²) in [4.78, 5) is 7.41. The van der Waals surface area contributed by atoms with Crippen LogP contribution >= 0.6 is 0 Å². The van der Waals surface area contributed by atoms with Gasteiger partial charge in [0.15, 0.2) is 0 Å². The Morgan fingerprint density at radius 1 is 1.58 bits per heavy atom. The summed E-state index contributed by atoms with van der Waals surface area (Å²) >= 11 is 0. The Labute approximate surface area is 69.0 Å². The van der Waals surface area contributed by atoms with Crippen molar-refractivity contribution >= 4 is 11.4 Å². The van der Waals surface area contributed by atoms with E-state index in [1.54, 1.807) is 18.3 Å². The fourth-order valence-corrected chi connectivity index (χ4v) is 0.672. The lowest BCUT2D eigenvalue weighted by Crippen LogP contribution is -2.03. The molecule has 0 N–H and O–H groups in total. The van der Waals surface area contributed by atoms with Crippen molar-refractivity contribution in [3.63, 3.8) is 0 Å². The van der Waals surface area contributed by atoms with Crippen LogP contribution in [0.5, 0.6) is 0 Å². The number of nitrogens with zero attached hydrogens (tertiary/aromatic N) is 2. The number of alkyl halides is 2. The van der Waals surface area contributed by atoms with Crippen LogP contribution in [0, 0.1) is 0 Å². The van der Waals surface area contributed by atoms with Gasteiger partial charge in [0.2, 0.25) is 0 Å². The van der Waals surface area contributed by atoms with Gasteiger partial charge in [0.1, 0.15) is 0 Å². The number of hydrogen-bond donors (Lipinski definition) is 0. The standard InChI is InChI=1S/C8H8F2N2/c1-6(8(9)10)12-7-3-2-4-11-5-7/h2-5,8H,1H3/b12-6+. The second kappa shape index (κ2) is 3.90. The number of aromatic nitrogens is 1. The monoisotopic (exact) mass is 170 g/mol. The molecule has 0 unspecified atom stereocenters. The highest BCUT2D eigenvalue weighted by molar-refractivity contribution is 5.87. The molecule has 0 saturated carbocycles. The van der Waals surface area contributed by atoms with Gasteiger partial charge in [0.25, 0.3) is 6.43 Å². The molecule has 1 heterocycles. The Kier molecular flexibility index (Phi) is 2.85. The smallest absolute Gasteiger partial charge is 0.262 e. The highest BCUT2D eigenvalue weighted by Gasteiger charge is 2.05. The largest absolute Gasteiger partial charge is 0.276 e. The second-order valence-corrected chi connectivity index (χ2v) is 2.27. The van der Waals surface area contributed by atoms with Crippen molar-refractivity contribution in [2.24, 2.45) is 4.99 Å². The molecule has 0 aliphatic rings. The third-order valence-corrected chi connectivity index (χ3v) is 1.27. The van der Waals surface area contributed by atoms with E-state index < -0.39 is 6.43 Å². The van der Waals surface area contributed by atoms with Crippen molar-refractivity contribution in [1.29, 1.82) is 0 Å². The summed E-state index contributed by atoms with van der Waals surface area (Å²) in [7, 11) is 0. The van der Waals surface area contributed by atoms with Crippen molar-refractivity contribution < 1.29 is 8.78 Å². The molecule has 4 heteroatoms. The second-order valence-electron chi connectivity index (χ2n) is 2.27. The van der Waals surface area contributed by atoms with E-state index in [9.17, 15) is 8.78 Å². The van der Waals surface area contributed by atoms with E-state index in [0.29, 0.717) is 5.69 Å². The molecule has 1 aromatic heterocycles. The van der Waals surface area contributed by atoms with Crippen LogP contribution in [-0.2, 0) is 0 Å². The summed E-state index contributed by atoms with van der Waals surface area (Å²) in [5.41, 5.74) is 0.262. The highest BCUT2D eigenvalue weighted by Crippen LogP contribution is 2.10. The van der Waals surface area contributed by atoms with Gasteiger partial charge in [-0.25, -0.2) is 8.78 Å². The first-order chi connectivity index (χ1) is 5.70.